The molecule has 0 heterocycles. The third-order valence-corrected chi connectivity index (χ3v) is 2.82. The van der Waals surface area contributed by atoms with E-state index in [1.807, 2.05) is 6.92 Å². The van der Waals surface area contributed by atoms with Crippen LogP contribution < -0.4 is 16.4 Å². The van der Waals surface area contributed by atoms with Crippen LogP contribution in [0, 0.1) is 5.82 Å². The minimum Gasteiger partial charge on any atom is -0.326 e. The first kappa shape index (κ1) is 16.1. The van der Waals surface area contributed by atoms with E-state index in [2.05, 4.69) is 10.6 Å². The zero-order chi connectivity index (χ0) is 15.3. The van der Waals surface area contributed by atoms with Crippen LogP contribution in [0.2, 0.25) is 0 Å². The summed E-state index contributed by atoms with van der Waals surface area (Å²) in [7, 11) is 0. The van der Waals surface area contributed by atoms with Crippen LogP contribution in [0.15, 0.2) is 18.2 Å². The second-order valence-corrected chi connectivity index (χ2v) is 5.00. The Morgan fingerprint density at radius 1 is 1.35 bits per heavy atom. The average molecular weight is 281 g/mol. The molecule has 1 aromatic rings. The lowest BCUT2D eigenvalue weighted by atomic mass is 9.96. The van der Waals surface area contributed by atoms with Crippen molar-refractivity contribution in [2.24, 2.45) is 5.73 Å². The van der Waals surface area contributed by atoms with E-state index in [-0.39, 0.29) is 11.6 Å². The summed E-state index contributed by atoms with van der Waals surface area (Å²) in [6.45, 7) is 4.86. The third-order valence-electron chi connectivity index (χ3n) is 2.82. The third kappa shape index (κ3) is 4.31. The fraction of sp³-hybridized carbons (Fsp3) is 0.429. The summed E-state index contributed by atoms with van der Waals surface area (Å²) >= 11 is 0. The Morgan fingerprint density at radius 2 is 2.00 bits per heavy atom. The van der Waals surface area contributed by atoms with Gasteiger partial charge in [0.15, 0.2) is 0 Å². The smallest absolute Gasteiger partial charge is 0.244 e. The monoisotopic (exact) mass is 281 g/mol. The van der Waals surface area contributed by atoms with Crippen molar-refractivity contribution in [2.45, 2.75) is 39.2 Å². The SMILES string of the molecule is CCCC(C)(N)C(=O)Nc1cc(NC(C)=O)ccc1F. The summed E-state index contributed by atoms with van der Waals surface area (Å²) in [5.41, 5.74) is 5.22. The second kappa shape index (κ2) is 6.47. The van der Waals surface area contributed by atoms with E-state index in [1.165, 1.54) is 25.1 Å². The van der Waals surface area contributed by atoms with Crippen molar-refractivity contribution >= 4 is 23.2 Å². The molecular formula is C14H20FN3O2. The Bertz CT molecular complexity index is 515. The maximum Gasteiger partial charge on any atom is 0.244 e. The van der Waals surface area contributed by atoms with Crippen molar-refractivity contribution in [1.29, 1.82) is 0 Å². The molecular weight excluding hydrogens is 261 g/mol. The van der Waals surface area contributed by atoms with Crippen molar-refractivity contribution in [1.82, 2.24) is 0 Å². The zero-order valence-electron chi connectivity index (χ0n) is 11.9. The summed E-state index contributed by atoms with van der Waals surface area (Å²) in [4.78, 5) is 23.0. The minimum atomic E-state index is -1.06. The molecule has 0 bridgehead atoms. The van der Waals surface area contributed by atoms with Gasteiger partial charge >= 0.3 is 0 Å². The standard InChI is InChI=1S/C14H20FN3O2/c1-4-7-14(3,16)13(20)18-12-8-10(17-9(2)19)5-6-11(12)15/h5-6,8H,4,7,16H2,1-3H3,(H,17,19)(H,18,20). The maximum atomic E-state index is 13.7. The van der Waals surface area contributed by atoms with Crippen LogP contribution in [0.4, 0.5) is 15.8 Å². The molecule has 0 fully saturated rings. The largest absolute Gasteiger partial charge is 0.326 e. The van der Waals surface area contributed by atoms with Gasteiger partial charge in [-0.1, -0.05) is 13.3 Å². The summed E-state index contributed by atoms with van der Waals surface area (Å²) in [5.74, 6) is -1.32. The lowest BCUT2D eigenvalue weighted by Crippen LogP contribution is -2.48. The van der Waals surface area contributed by atoms with E-state index >= 15 is 0 Å². The van der Waals surface area contributed by atoms with Crippen LogP contribution in [-0.4, -0.2) is 17.4 Å². The van der Waals surface area contributed by atoms with Gasteiger partial charge in [-0.05, 0) is 31.5 Å². The van der Waals surface area contributed by atoms with E-state index in [0.29, 0.717) is 12.1 Å². The van der Waals surface area contributed by atoms with E-state index in [0.717, 1.165) is 6.42 Å². The normalized spacial score (nSPS) is 13.4. The number of nitrogens with two attached hydrogens (primary N) is 1. The molecule has 1 unspecified atom stereocenters. The van der Waals surface area contributed by atoms with E-state index in [9.17, 15) is 14.0 Å². The van der Waals surface area contributed by atoms with Gasteiger partial charge in [-0.2, -0.15) is 0 Å². The molecule has 4 N–H and O–H groups in total. The van der Waals surface area contributed by atoms with Crippen LogP contribution in [0.1, 0.15) is 33.6 Å². The highest BCUT2D eigenvalue weighted by Gasteiger charge is 2.27. The Morgan fingerprint density at radius 3 is 2.55 bits per heavy atom. The summed E-state index contributed by atoms with van der Waals surface area (Å²) in [5, 5.41) is 4.98. The van der Waals surface area contributed by atoms with Gasteiger partial charge in [0.2, 0.25) is 11.8 Å². The molecule has 0 aliphatic rings. The van der Waals surface area contributed by atoms with E-state index in [1.54, 1.807) is 6.92 Å². The topological polar surface area (TPSA) is 84.2 Å². The van der Waals surface area contributed by atoms with Gasteiger partial charge in [-0.25, -0.2) is 4.39 Å². The Hall–Kier alpha value is -1.95. The van der Waals surface area contributed by atoms with Crippen molar-refractivity contribution in [3.63, 3.8) is 0 Å². The summed E-state index contributed by atoms with van der Waals surface area (Å²) in [6.07, 6.45) is 1.24. The second-order valence-electron chi connectivity index (χ2n) is 5.00. The first-order valence-electron chi connectivity index (χ1n) is 6.43. The molecule has 1 rings (SSSR count). The highest BCUT2D eigenvalue weighted by Crippen LogP contribution is 2.21. The van der Waals surface area contributed by atoms with Crippen molar-refractivity contribution in [3.05, 3.63) is 24.0 Å². The molecule has 0 radical (unpaired) electrons. The van der Waals surface area contributed by atoms with Crippen molar-refractivity contribution in [3.8, 4) is 0 Å². The van der Waals surface area contributed by atoms with Gasteiger partial charge in [0, 0.05) is 12.6 Å². The molecule has 0 aromatic heterocycles. The zero-order valence-corrected chi connectivity index (χ0v) is 11.9. The average Bonchev–Trinajstić information content (AvgIpc) is 2.32. The highest BCUT2D eigenvalue weighted by atomic mass is 19.1. The number of halogens is 1. The summed E-state index contributed by atoms with van der Waals surface area (Å²) in [6, 6.07) is 3.95. The molecule has 0 spiro atoms. The number of anilines is 2. The molecule has 20 heavy (non-hydrogen) atoms. The predicted octanol–water partition coefficient (Wildman–Crippen LogP) is 2.24. The van der Waals surface area contributed by atoms with Crippen LogP contribution in [0.5, 0.6) is 0 Å². The molecule has 0 saturated carbocycles. The Labute approximate surface area is 117 Å². The molecule has 5 nitrogen and oxygen atoms in total. The van der Waals surface area contributed by atoms with Crippen molar-refractivity contribution < 1.29 is 14.0 Å². The predicted molar refractivity (Wildman–Crippen MR) is 76.8 cm³/mol. The number of hydrogen-bond acceptors (Lipinski definition) is 3. The number of amides is 2. The molecule has 1 atom stereocenters. The molecule has 110 valence electrons. The lowest BCUT2D eigenvalue weighted by Gasteiger charge is -2.23. The Kier molecular flexibility index (Phi) is 5.21. The van der Waals surface area contributed by atoms with Crippen LogP contribution >= 0.6 is 0 Å². The Balaban J connectivity index is 2.91. The number of carbonyl (C=O) groups is 2. The molecule has 1 aromatic carbocycles. The molecule has 0 saturated heterocycles. The summed E-state index contributed by atoms with van der Waals surface area (Å²) < 4.78 is 13.7. The lowest BCUT2D eigenvalue weighted by molar-refractivity contribution is -0.120. The molecule has 6 heteroatoms. The quantitative estimate of drug-likeness (QED) is 0.774. The fourth-order valence-electron chi connectivity index (χ4n) is 1.80. The number of nitrogens with one attached hydrogen (secondary N) is 2. The number of benzene rings is 1. The minimum absolute atomic E-state index is 0.00553. The van der Waals surface area contributed by atoms with Gasteiger partial charge < -0.3 is 16.4 Å². The fourth-order valence-corrected chi connectivity index (χ4v) is 1.80. The van der Waals surface area contributed by atoms with Gasteiger partial charge in [0.05, 0.1) is 11.2 Å². The maximum absolute atomic E-state index is 13.7. The molecule has 2 amide bonds. The highest BCUT2D eigenvalue weighted by molar-refractivity contribution is 5.98. The van der Waals surface area contributed by atoms with Gasteiger partial charge in [0.25, 0.3) is 0 Å². The van der Waals surface area contributed by atoms with Crippen molar-refractivity contribution in [2.75, 3.05) is 10.6 Å². The first-order chi connectivity index (χ1) is 9.26. The van der Waals surface area contributed by atoms with Gasteiger partial charge in [0.1, 0.15) is 5.82 Å². The molecule has 0 aliphatic heterocycles. The van der Waals surface area contributed by atoms with Crippen LogP contribution in [0.3, 0.4) is 0 Å². The van der Waals surface area contributed by atoms with E-state index in [4.69, 9.17) is 5.73 Å². The molecule has 0 aliphatic carbocycles. The van der Waals surface area contributed by atoms with Crippen LogP contribution in [-0.2, 0) is 9.59 Å². The first-order valence-corrected chi connectivity index (χ1v) is 6.43. The number of carbonyl (C=O) groups excluding carboxylic acids is 2. The number of rotatable bonds is 5. The number of hydrogen-bond donors (Lipinski definition) is 3. The van der Waals surface area contributed by atoms with Gasteiger partial charge in [-0.3, -0.25) is 9.59 Å². The van der Waals surface area contributed by atoms with Gasteiger partial charge in [-0.15, -0.1) is 0 Å². The van der Waals surface area contributed by atoms with E-state index < -0.39 is 17.3 Å². The van der Waals surface area contributed by atoms with Crippen LogP contribution in [0.25, 0.3) is 0 Å².